The summed E-state index contributed by atoms with van der Waals surface area (Å²) >= 11 is 0. The van der Waals surface area contributed by atoms with E-state index in [4.69, 9.17) is 0 Å². The van der Waals surface area contributed by atoms with Crippen LogP contribution >= 0.6 is 0 Å². The average molecular weight is 210 g/mol. The molecule has 0 radical (unpaired) electrons. The molecular weight excluding hydrogens is 188 g/mol. The number of hydrogen-bond acceptors (Lipinski definition) is 2. The fraction of sp³-hybridized carbons (Fsp3) is 0.917. The van der Waals surface area contributed by atoms with Gasteiger partial charge in [-0.15, -0.1) is 0 Å². The molecule has 1 heterocycles. The van der Waals surface area contributed by atoms with Gasteiger partial charge in [0.05, 0.1) is 6.04 Å². The average Bonchev–Trinajstić information content (AvgIpc) is 2.91. The SMILES string of the molecule is CCC1(CNC(=O)C2NCCC2C)CC1. The van der Waals surface area contributed by atoms with Gasteiger partial charge in [-0.3, -0.25) is 4.79 Å². The molecule has 2 fully saturated rings. The van der Waals surface area contributed by atoms with Crippen LogP contribution in [0.4, 0.5) is 0 Å². The Hall–Kier alpha value is -0.570. The van der Waals surface area contributed by atoms with E-state index in [2.05, 4.69) is 24.5 Å². The maximum absolute atomic E-state index is 11.9. The van der Waals surface area contributed by atoms with E-state index in [0.717, 1.165) is 19.5 Å². The lowest BCUT2D eigenvalue weighted by atomic mass is 10.0. The van der Waals surface area contributed by atoms with Crippen molar-refractivity contribution in [1.82, 2.24) is 10.6 Å². The second-order valence-electron chi connectivity index (χ2n) is 5.27. The second-order valence-corrected chi connectivity index (χ2v) is 5.27. The Morgan fingerprint density at radius 3 is 2.73 bits per heavy atom. The van der Waals surface area contributed by atoms with Crippen LogP contribution in [0, 0.1) is 11.3 Å². The molecule has 0 aromatic rings. The molecule has 1 saturated heterocycles. The summed E-state index contributed by atoms with van der Waals surface area (Å²) in [5, 5.41) is 6.38. The maximum atomic E-state index is 11.9. The molecule has 2 unspecified atom stereocenters. The first-order chi connectivity index (χ1) is 7.17. The minimum absolute atomic E-state index is 0.0534. The van der Waals surface area contributed by atoms with E-state index in [0.29, 0.717) is 11.3 Å². The molecule has 0 spiro atoms. The number of amides is 1. The number of nitrogens with one attached hydrogen (secondary N) is 2. The van der Waals surface area contributed by atoms with Crippen LogP contribution in [-0.2, 0) is 4.79 Å². The number of rotatable bonds is 4. The maximum Gasteiger partial charge on any atom is 0.237 e. The summed E-state index contributed by atoms with van der Waals surface area (Å²) in [7, 11) is 0. The van der Waals surface area contributed by atoms with E-state index in [1.165, 1.54) is 19.3 Å². The summed E-state index contributed by atoms with van der Waals surface area (Å²) in [6.45, 7) is 6.23. The third-order valence-electron chi connectivity index (χ3n) is 4.16. The smallest absolute Gasteiger partial charge is 0.237 e. The molecule has 2 N–H and O–H groups in total. The number of carbonyl (C=O) groups is 1. The molecule has 2 atom stereocenters. The van der Waals surface area contributed by atoms with Gasteiger partial charge in [-0.2, -0.15) is 0 Å². The van der Waals surface area contributed by atoms with Crippen LogP contribution in [0.1, 0.15) is 39.5 Å². The van der Waals surface area contributed by atoms with E-state index in [9.17, 15) is 4.79 Å². The van der Waals surface area contributed by atoms with Crippen LogP contribution in [0.25, 0.3) is 0 Å². The van der Waals surface area contributed by atoms with Crippen LogP contribution in [-0.4, -0.2) is 25.0 Å². The van der Waals surface area contributed by atoms with Gasteiger partial charge in [0.25, 0.3) is 0 Å². The van der Waals surface area contributed by atoms with Gasteiger partial charge in [0, 0.05) is 6.54 Å². The Balaban J connectivity index is 1.77. The van der Waals surface area contributed by atoms with E-state index >= 15 is 0 Å². The van der Waals surface area contributed by atoms with Gasteiger partial charge in [0.1, 0.15) is 0 Å². The highest BCUT2D eigenvalue weighted by molar-refractivity contribution is 5.82. The van der Waals surface area contributed by atoms with E-state index < -0.39 is 0 Å². The fourth-order valence-corrected chi connectivity index (χ4v) is 2.40. The normalized spacial score (nSPS) is 32.7. The van der Waals surface area contributed by atoms with Crippen molar-refractivity contribution in [3.8, 4) is 0 Å². The predicted molar refractivity (Wildman–Crippen MR) is 60.5 cm³/mol. The first-order valence-electron chi connectivity index (χ1n) is 6.18. The molecule has 0 bridgehead atoms. The first kappa shape index (κ1) is 10.9. The number of hydrogen-bond donors (Lipinski definition) is 2. The molecule has 15 heavy (non-hydrogen) atoms. The van der Waals surface area contributed by atoms with Gasteiger partial charge < -0.3 is 10.6 Å². The van der Waals surface area contributed by atoms with Gasteiger partial charge in [0.15, 0.2) is 0 Å². The van der Waals surface area contributed by atoms with Gasteiger partial charge in [-0.1, -0.05) is 13.8 Å². The topological polar surface area (TPSA) is 41.1 Å². The molecule has 0 aromatic carbocycles. The van der Waals surface area contributed by atoms with E-state index in [1.807, 2.05) is 0 Å². The second kappa shape index (κ2) is 4.12. The lowest BCUT2D eigenvalue weighted by Crippen LogP contribution is -2.45. The summed E-state index contributed by atoms with van der Waals surface area (Å²) in [4.78, 5) is 11.9. The van der Waals surface area contributed by atoms with Crippen molar-refractivity contribution in [2.45, 2.75) is 45.6 Å². The van der Waals surface area contributed by atoms with Gasteiger partial charge in [-0.25, -0.2) is 0 Å². The van der Waals surface area contributed by atoms with Crippen molar-refractivity contribution in [2.75, 3.05) is 13.1 Å². The molecule has 1 saturated carbocycles. The monoisotopic (exact) mass is 210 g/mol. The Morgan fingerprint density at radius 1 is 1.53 bits per heavy atom. The van der Waals surface area contributed by atoms with Crippen molar-refractivity contribution >= 4 is 5.91 Å². The lowest BCUT2D eigenvalue weighted by molar-refractivity contribution is -0.123. The zero-order valence-electron chi connectivity index (χ0n) is 9.81. The highest BCUT2D eigenvalue weighted by atomic mass is 16.2. The van der Waals surface area contributed by atoms with Crippen molar-refractivity contribution in [1.29, 1.82) is 0 Å². The molecule has 1 aliphatic carbocycles. The molecule has 86 valence electrons. The zero-order chi connectivity index (χ0) is 10.9. The predicted octanol–water partition coefficient (Wildman–Crippen LogP) is 1.29. The Labute approximate surface area is 92.0 Å². The van der Waals surface area contributed by atoms with Crippen LogP contribution in [0.3, 0.4) is 0 Å². The third-order valence-corrected chi connectivity index (χ3v) is 4.16. The Kier molecular flexibility index (Phi) is 3.01. The molecular formula is C12H22N2O. The highest BCUT2D eigenvalue weighted by Gasteiger charge is 2.41. The summed E-state index contributed by atoms with van der Waals surface area (Å²) in [5.41, 5.74) is 0.456. The summed E-state index contributed by atoms with van der Waals surface area (Å²) in [6, 6.07) is 0.0534. The highest BCUT2D eigenvalue weighted by Crippen LogP contribution is 2.47. The molecule has 0 aromatic heterocycles. The molecule has 3 heteroatoms. The van der Waals surface area contributed by atoms with Crippen molar-refractivity contribution in [3.05, 3.63) is 0 Å². The Bertz CT molecular complexity index is 248. The summed E-state index contributed by atoms with van der Waals surface area (Å²) < 4.78 is 0. The molecule has 1 amide bonds. The minimum Gasteiger partial charge on any atom is -0.354 e. The van der Waals surface area contributed by atoms with Crippen molar-refractivity contribution < 1.29 is 4.79 Å². The van der Waals surface area contributed by atoms with E-state index in [-0.39, 0.29) is 11.9 Å². The van der Waals surface area contributed by atoms with Crippen LogP contribution in [0.5, 0.6) is 0 Å². The molecule has 2 aliphatic rings. The van der Waals surface area contributed by atoms with Crippen molar-refractivity contribution in [2.24, 2.45) is 11.3 Å². The summed E-state index contributed by atoms with van der Waals surface area (Å²) in [6.07, 6.45) is 4.90. The van der Waals surface area contributed by atoms with Gasteiger partial charge in [0.2, 0.25) is 5.91 Å². The van der Waals surface area contributed by atoms with Crippen molar-refractivity contribution in [3.63, 3.8) is 0 Å². The van der Waals surface area contributed by atoms with Crippen LogP contribution < -0.4 is 10.6 Å². The standard InChI is InChI=1S/C12H22N2O/c1-3-12(5-6-12)8-14-11(15)10-9(2)4-7-13-10/h9-10,13H,3-8H2,1-2H3,(H,14,15). The summed E-state index contributed by atoms with van der Waals surface area (Å²) in [5.74, 6) is 0.696. The zero-order valence-corrected chi connectivity index (χ0v) is 9.81. The van der Waals surface area contributed by atoms with Gasteiger partial charge in [-0.05, 0) is 43.6 Å². The van der Waals surface area contributed by atoms with Crippen LogP contribution in [0.15, 0.2) is 0 Å². The largest absolute Gasteiger partial charge is 0.354 e. The molecule has 1 aliphatic heterocycles. The molecule has 2 rings (SSSR count). The first-order valence-corrected chi connectivity index (χ1v) is 6.18. The Morgan fingerprint density at radius 2 is 2.27 bits per heavy atom. The molecule has 3 nitrogen and oxygen atoms in total. The van der Waals surface area contributed by atoms with Gasteiger partial charge >= 0.3 is 0 Å². The minimum atomic E-state index is 0.0534. The van der Waals surface area contributed by atoms with Crippen LogP contribution in [0.2, 0.25) is 0 Å². The third kappa shape index (κ3) is 2.33. The number of carbonyl (C=O) groups excluding carboxylic acids is 1. The quantitative estimate of drug-likeness (QED) is 0.734. The van der Waals surface area contributed by atoms with E-state index in [1.54, 1.807) is 0 Å². The lowest BCUT2D eigenvalue weighted by Gasteiger charge is -2.18. The fourth-order valence-electron chi connectivity index (χ4n) is 2.40.